The molecule has 0 aliphatic heterocycles. The average Bonchev–Trinajstić information content (AvgIpc) is 2.40. The summed E-state index contributed by atoms with van der Waals surface area (Å²) in [6.07, 6.45) is 4.42. The van der Waals surface area contributed by atoms with Gasteiger partial charge in [-0.15, -0.1) is 0 Å². The molecule has 4 heteroatoms. The molecule has 0 amide bonds. The van der Waals surface area contributed by atoms with E-state index < -0.39 is 0 Å². The van der Waals surface area contributed by atoms with Crippen LogP contribution in [0.15, 0.2) is 52.8 Å². The van der Waals surface area contributed by atoms with Crippen molar-refractivity contribution in [2.45, 2.75) is 29.4 Å². The highest BCUT2D eigenvalue weighted by Crippen LogP contribution is 2.31. The molecule has 1 heterocycles. The van der Waals surface area contributed by atoms with E-state index in [1.54, 1.807) is 24.2 Å². The Morgan fingerprint density at radius 2 is 1.88 bits per heavy atom. The molecular formula is C13H15N3S. The van der Waals surface area contributed by atoms with Gasteiger partial charge in [-0.1, -0.05) is 25.1 Å². The molecule has 0 aliphatic rings. The quantitative estimate of drug-likeness (QED) is 0.841. The maximum absolute atomic E-state index is 6.09. The van der Waals surface area contributed by atoms with E-state index in [4.69, 9.17) is 5.73 Å². The largest absolute Gasteiger partial charge is 0.324 e. The fourth-order valence-electron chi connectivity index (χ4n) is 1.54. The summed E-state index contributed by atoms with van der Waals surface area (Å²) in [5, 5.41) is 0.753. The number of nitrogens with two attached hydrogens (primary N) is 1. The topological polar surface area (TPSA) is 51.8 Å². The number of benzene rings is 1. The standard InChI is InChI=1S/C13H15N3S/c1-2-11(14)10-6-3-4-7-12(10)17-13-15-8-5-9-16-13/h3-9,11H,2,14H2,1H3/t11-/m0/s1. The molecule has 0 saturated carbocycles. The van der Waals surface area contributed by atoms with Crippen LogP contribution in [0.4, 0.5) is 0 Å². The summed E-state index contributed by atoms with van der Waals surface area (Å²) in [4.78, 5) is 9.56. The lowest BCUT2D eigenvalue weighted by molar-refractivity contribution is 0.685. The number of rotatable bonds is 4. The van der Waals surface area contributed by atoms with E-state index in [1.165, 1.54) is 0 Å². The van der Waals surface area contributed by atoms with E-state index in [0.29, 0.717) is 0 Å². The highest BCUT2D eigenvalue weighted by atomic mass is 32.2. The molecule has 2 rings (SSSR count). The van der Waals surface area contributed by atoms with Gasteiger partial charge >= 0.3 is 0 Å². The van der Waals surface area contributed by atoms with Gasteiger partial charge in [0.15, 0.2) is 5.16 Å². The van der Waals surface area contributed by atoms with Crippen LogP contribution in [0.1, 0.15) is 24.9 Å². The van der Waals surface area contributed by atoms with E-state index in [0.717, 1.165) is 22.0 Å². The third-order valence-corrected chi connectivity index (χ3v) is 3.49. The van der Waals surface area contributed by atoms with E-state index in [9.17, 15) is 0 Å². The Balaban J connectivity index is 2.27. The van der Waals surface area contributed by atoms with Gasteiger partial charge in [-0.2, -0.15) is 0 Å². The van der Waals surface area contributed by atoms with Crippen LogP contribution in [0.25, 0.3) is 0 Å². The minimum absolute atomic E-state index is 0.0717. The maximum Gasteiger partial charge on any atom is 0.192 e. The summed E-state index contributed by atoms with van der Waals surface area (Å²) >= 11 is 1.56. The van der Waals surface area contributed by atoms with Crippen LogP contribution in [0.2, 0.25) is 0 Å². The summed E-state index contributed by atoms with van der Waals surface area (Å²) in [5.74, 6) is 0. The third kappa shape index (κ3) is 3.05. The molecule has 0 saturated heterocycles. The molecule has 2 aromatic rings. The highest BCUT2D eigenvalue weighted by molar-refractivity contribution is 7.99. The molecule has 1 aromatic carbocycles. The van der Waals surface area contributed by atoms with E-state index >= 15 is 0 Å². The van der Waals surface area contributed by atoms with Gasteiger partial charge < -0.3 is 5.73 Å². The maximum atomic E-state index is 6.09. The molecule has 0 aliphatic carbocycles. The lowest BCUT2D eigenvalue weighted by Crippen LogP contribution is -2.09. The van der Waals surface area contributed by atoms with Crippen LogP contribution < -0.4 is 5.73 Å². The lowest BCUT2D eigenvalue weighted by Gasteiger charge is -2.13. The fourth-order valence-corrected chi connectivity index (χ4v) is 2.44. The highest BCUT2D eigenvalue weighted by Gasteiger charge is 2.10. The Labute approximate surface area is 105 Å². The van der Waals surface area contributed by atoms with Gasteiger partial charge in [-0.3, -0.25) is 0 Å². The van der Waals surface area contributed by atoms with Gasteiger partial charge in [0.2, 0.25) is 0 Å². The molecule has 3 nitrogen and oxygen atoms in total. The van der Waals surface area contributed by atoms with E-state index in [-0.39, 0.29) is 6.04 Å². The summed E-state index contributed by atoms with van der Waals surface area (Å²) in [6.45, 7) is 2.09. The van der Waals surface area contributed by atoms with Crippen molar-refractivity contribution in [2.24, 2.45) is 5.73 Å². The number of hydrogen-bond acceptors (Lipinski definition) is 4. The van der Waals surface area contributed by atoms with Crippen molar-refractivity contribution in [3.63, 3.8) is 0 Å². The predicted molar refractivity (Wildman–Crippen MR) is 69.8 cm³/mol. The molecule has 2 N–H and O–H groups in total. The van der Waals surface area contributed by atoms with Crippen molar-refractivity contribution < 1.29 is 0 Å². The van der Waals surface area contributed by atoms with Crippen molar-refractivity contribution in [2.75, 3.05) is 0 Å². The summed E-state index contributed by atoms with van der Waals surface area (Å²) in [6, 6.07) is 10.0. The Morgan fingerprint density at radius 1 is 1.18 bits per heavy atom. The molecule has 17 heavy (non-hydrogen) atoms. The second-order valence-corrected chi connectivity index (χ2v) is 4.70. The zero-order valence-corrected chi connectivity index (χ0v) is 10.5. The second kappa shape index (κ2) is 5.80. The van der Waals surface area contributed by atoms with Crippen LogP contribution in [0, 0.1) is 0 Å². The SMILES string of the molecule is CC[C@H](N)c1ccccc1Sc1ncccn1. The second-order valence-electron chi connectivity index (χ2n) is 3.69. The van der Waals surface area contributed by atoms with Gasteiger partial charge in [0.1, 0.15) is 0 Å². The predicted octanol–water partition coefficient (Wildman–Crippen LogP) is 3.04. The molecule has 0 spiro atoms. The van der Waals surface area contributed by atoms with Crippen LogP contribution >= 0.6 is 11.8 Å². The van der Waals surface area contributed by atoms with E-state index in [1.807, 2.05) is 18.2 Å². The van der Waals surface area contributed by atoms with Gasteiger partial charge in [0, 0.05) is 23.3 Å². The minimum Gasteiger partial charge on any atom is -0.324 e. The molecule has 0 fully saturated rings. The van der Waals surface area contributed by atoms with Crippen molar-refractivity contribution in [3.05, 3.63) is 48.3 Å². The zero-order valence-electron chi connectivity index (χ0n) is 9.71. The number of hydrogen-bond donors (Lipinski definition) is 1. The molecule has 1 aromatic heterocycles. The van der Waals surface area contributed by atoms with Crippen LogP contribution in [0.5, 0.6) is 0 Å². The van der Waals surface area contributed by atoms with Gasteiger partial charge in [-0.05, 0) is 35.9 Å². The first kappa shape index (κ1) is 12.1. The van der Waals surface area contributed by atoms with Gasteiger partial charge in [0.05, 0.1) is 0 Å². The van der Waals surface area contributed by atoms with Crippen molar-refractivity contribution in [1.29, 1.82) is 0 Å². The Hall–Kier alpha value is -1.39. The first-order chi connectivity index (χ1) is 8.31. The Bertz CT molecular complexity index is 473. The normalized spacial score (nSPS) is 12.4. The minimum atomic E-state index is 0.0717. The molecule has 0 unspecified atom stereocenters. The number of nitrogens with zero attached hydrogens (tertiary/aromatic N) is 2. The number of aromatic nitrogens is 2. The van der Waals surface area contributed by atoms with Gasteiger partial charge in [-0.25, -0.2) is 9.97 Å². The van der Waals surface area contributed by atoms with E-state index in [2.05, 4.69) is 29.0 Å². The first-order valence-corrected chi connectivity index (χ1v) is 6.42. The molecule has 0 bridgehead atoms. The smallest absolute Gasteiger partial charge is 0.192 e. The third-order valence-electron chi connectivity index (χ3n) is 2.50. The average molecular weight is 245 g/mol. The monoisotopic (exact) mass is 245 g/mol. The molecule has 88 valence electrons. The van der Waals surface area contributed by atoms with Crippen molar-refractivity contribution in [1.82, 2.24) is 9.97 Å². The summed E-state index contributed by atoms with van der Waals surface area (Å²) < 4.78 is 0. The van der Waals surface area contributed by atoms with Crippen LogP contribution in [-0.4, -0.2) is 9.97 Å². The van der Waals surface area contributed by atoms with Crippen LogP contribution in [-0.2, 0) is 0 Å². The molecular weight excluding hydrogens is 230 g/mol. The van der Waals surface area contributed by atoms with Crippen molar-refractivity contribution in [3.8, 4) is 0 Å². The fraction of sp³-hybridized carbons (Fsp3) is 0.231. The Morgan fingerprint density at radius 3 is 2.59 bits per heavy atom. The summed E-state index contributed by atoms with van der Waals surface area (Å²) in [7, 11) is 0. The summed E-state index contributed by atoms with van der Waals surface area (Å²) in [5.41, 5.74) is 7.25. The Kier molecular flexibility index (Phi) is 4.12. The lowest BCUT2D eigenvalue weighted by atomic mass is 10.1. The first-order valence-electron chi connectivity index (χ1n) is 5.60. The molecule has 0 radical (unpaired) electrons. The molecule has 1 atom stereocenters. The van der Waals surface area contributed by atoms with Gasteiger partial charge in [0.25, 0.3) is 0 Å². The zero-order chi connectivity index (χ0) is 12.1. The van der Waals surface area contributed by atoms with Crippen molar-refractivity contribution >= 4 is 11.8 Å². The van der Waals surface area contributed by atoms with Crippen LogP contribution in [0.3, 0.4) is 0 Å².